The number of ether oxygens (including phenoxy) is 3. The van der Waals surface area contributed by atoms with Gasteiger partial charge in [-0.2, -0.15) is 0 Å². The van der Waals surface area contributed by atoms with E-state index in [1.165, 1.54) is 36.4 Å². The Hall–Kier alpha value is -7.35. The molecule has 0 spiro atoms. The Labute approximate surface area is 701 Å². The van der Waals surface area contributed by atoms with Gasteiger partial charge in [0, 0.05) is 204 Å². The number of carbonyl (C=O) groups is 3. The summed E-state index contributed by atoms with van der Waals surface area (Å²) in [6.07, 6.45) is 5.79. The normalized spacial score (nSPS) is 27.8. The van der Waals surface area contributed by atoms with Crippen molar-refractivity contribution in [1.29, 1.82) is 0 Å². The van der Waals surface area contributed by atoms with Crippen LogP contribution in [-0.2, 0) is 51.3 Å². The predicted molar refractivity (Wildman–Crippen MR) is 455 cm³/mol. The molecule has 6 fully saturated rings. The average Bonchev–Trinajstić information content (AvgIpc) is 1.59. The Morgan fingerprint density at radius 1 is 0.471 bits per heavy atom. The number of benzene rings is 3. The quantitative estimate of drug-likeness (QED) is 0.0557. The highest BCUT2D eigenvalue weighted by atomic mass is 19.1. The minimum absolute atomic E-state index is 0.0172. The van der Waals surface area contributed by atoms with E-state index >= 15 is 0 Å². The maximum atomic E-state index is 14.6. The Kier molecular flexibility index (Phi) is 28.4. The summed E-state index contributed by atoms with van der Waals surface area (Å²) in [6.45, 7) is 47.9. The molecule has 2 unspecified atom stereocenters. The molecule has 0 bridgehead atoms. The standard InChI is InChI=1S/2C31H43F2N5O2.C30H42FN5O3/c1-19-13-36(25(12-34-19)14-37-20(2)16-40-17-21(37)3)15-29(39)38-18-31(5,6)30-28(38)9-23(11-35-30)22(4)26-10-24(32)7-8-27(26)33;1-19-13-36(24(12-34-19)14-37-20(2)16-40-17-21(37)3)15-28(39)38-18-31(5,6)30-27(38)10-23(11-35-30)22(4)29-25(32)8-7-9-26(29)33;1-20-13-35(25(12-32-20)14-34-15-26(17-37)39-18-21(34)2)16-28(38)36-19-30(3,4)29-27(36)10-23(11-33-29)9-22-5-7-24(31)8-6-22/h7-11,19-22,25,34H,12-18H2,1-6H3;7-11,19-22,24,34H,12-18H2,1-6H3;5-8,10-11,20-21,25-26,32,37H,9,12-19H2,1-4H3/t19-,20-,21-,22?,25-;19-,20-,21-,22?,24-;20-,21-,25-,26-/m111/s1. The number of rotatable bonds is 19. The van der Waals surface area contributed by atoms with Crippen molar-refractivity contribution in [3.05, 3.63) is 177 Å². The monoisotopic (exact) mass is 1650 g/mol. The summed E-state index contributed by atoms with van der Waals surface area (Å²) in [5, 5.41) is 20.4. The first-order valence-electron chi connectivity index (χ1n) is 43.1. The Morgan fingerprint density at radius 2 is 0.882 bits per heavy atom. The van der Waals surface area contributed by atoms with Gasteiger partial charge >= 0.3 is 0 Å². The molecule has 27 heteroatoms. The van der Waals surface area contributed by atoms with Crippen molar-refractivity contribution in [1.82, 2.24) is 60.3 Å². The number of aliphatic hydroxyl groups excluding tert-OH is 1. The topological polar surface area (TPSA) is 203 Å². The number of nitrogens with one attached hydrogen (secondary N) is 3. The van der Waals surface area contributed by atoms with E-state index in [2.05, 4.69) is 148 Å². The summed E-state index contributed by atoms with van der Waals surface area (Å²) in [4.78, 5) is 76.1. The molecule has 0 saturated carbocycles. The Balaban J connectivity index is 0.000000155. The molecule has 3 amide bonds. The second kappa shape index (κ2) is 37.8. The summed E-state index contributed by atoms with van der Waals surface area (Å²) in [5.74, 6) is -3.14. The van der Waals surface area contributed by atoms with E-state index in [1.807, 2.05) is 40.0 Å². The van der Waals surface area contributed by atoms with Crippen molar-refractivity contribution in [2.24, 2.45) is 0 Å². The van der Waals surface area contributed by atoms with E-state index in [9.17, 15) is 41.4 Å². The lowest BCUT2D eigenvalue weighted by Gasteiger charge is -2.46. The first-order valence-corrected chi connectivity index (χ1v) is 43.1. The zero-order valence-electron chi connectivity index (χ0n) is 72.7. The lowest BCUT2D eigenvalue weighted by Crippen LogP contribution is -2.63. The molecule has 14 atom stereocenters. The van der Waals surface area contributed by atoms with Crippen LogP contribution < -0.4 is 30.7 Å². The summed E-state index contributed by atoms with van der Waals surface area (Å²) >= 11 is 0. The van der Waals surface area contributed by atoms with E-state index in [0.717, 1.165) is 148 Å². The zero-order chi connectivity index (χ0) is 85.3. The molecular weight excluding hydrogens is 1520 g/mol. The summed E-state index contributed by atoms with van der Waals surface area (Å²) in [7, 11) is 0. The fourth-order valence-corrected chi connectivity index (χ4v) is 19.3. The van der Waals surface area contributed by atoms with Crippen LogP contribution in [0, 0.1) is 29.1 Å². The van der Waals surface area contributed by atoms with Gasteiger partial charge in [-0.1, -0.05) is 73.6 Å². The van der Waals surface area contributed by atoms with Gasteiger partial charge in [0.25, 0.3) is 0 Å². The SMILES string of the molecule is CC(c1cnc2c(c1)N(C(=O)CN1C[C@@H](C)NC[C@@H]1CN1[C@H](C)COC[C@H]1C)CC2(C)C)c1c(F)cccc1F.CC(c1cnc2c(c1)N(C(=O)CN1C[C@@H](C)NC[C@@H]1CN1[C@H](C)COC[C@H]1C)CC2(C)C)c1cc(F)ccc1F.C[C@@H]1CN(CC(=O)N2CC(C)(C)c3ncc(Cc4ccc(F)cc4)cc32)[C@@H](CN2C[C@H](CO)OC[C@H]2C)CN1. The largest absolute Gasteiger partial charge is 0.394 e. The number of piperazine rings is 3. The molecule has 648 valence electrons. The van der Waals surface area contributed by atoms with Crippen LogP contribution in [0.1, 0.15) is 173 Å². The van der Waals surface area contributed by atoms with Crippen LogP contribution in [0.5, 0.6) is 0 Å². The molecular formula is C92H128F5N15O7. The van der Waals surface area contributed by atoms with Gasteiger partial charge in [0.1, 0.15) is 29.1 Å². The molecule has 119 heavy (non-hydrogen) atoms. The minimum atomic E-state index is -0.580. The molecule has 0 aliphatic carbocycles. The van der Waals surface area contributed by atoms with Crippen molar-refractivity contribution in [2.75, 3.05) is 159 Å². The minimum Gasteiger partial charge on any atom is -0.394 e. The van der Waals surface area contributed by atoms with Gasteiger partial charge in [-0.15, -0.1) is 0 Å². The van der Waals surface area contributed by atoms with E-state index in [1.54, 1.807) is 31.5 Å². The maximum absolute atomic E-state index is 14.6. The van der Waals surface area contributed by atoms with Crippen LogP contribution in [0.25, 0.3) is 0 Å². The number of nitrogens with zero attached hydrogens (tertiary/aromatic N) is 12. The number of fused-ring (bicyclic) bond motifs is 3. The lowest BCUT2D eigenvalue weighted by molar-refractivity contribution is -0.122. The molecule has 15 rings (SSSR count). The van der Waals surface area contributed by atoms with Crippen molar-refractivity contribution in [2.45, 2.75) is 218 Å². The molecule has 3 aromatic carbocycles. The molecule has 6 saturated heterocycles. The molecule has 9 aliphatic rings. The van der Waals surface area contributed by atoms with E-state index in [-0.39, 0.29) is 93.8 Å². The number of aromatic nitrogens is 3. The number of aliphatic hydroxyl groups is 1. The first kappa shape index (κ1) is 89.4. The third-order valence-corrected chi connectivity index (χ3v) is 26.3. The number of morpholine rings is 3. The summed E-state index contributed by atoms with van der Waals surface area (Å²) < 4.78 is 88.3. The van der Waals surface area contributed by atoms with Crippen molar-refractivity contribution < 1.29 is 55.7 Å². The molecule has 9 aliphatic heterocycles. The van der Waals surface area contributed by atoms with Gasteiger partial charge in [-0.3, -0.25) is 58.7 Å². The van der Waals surface area contributed by atoms with Crippen molar-refractivity contribution in [3.63, 3.8) is 0 Å². The number of pyridine rings is 3. The average molecular weight is 1650 g/mol. The molecule has 22 nitrogen and oxygen atoms in total. The van der Waals surface area contributed by atoms with Crippen LogP contribution in [0.2, 0.25) is 0 Å². The second-order valence-electron chi connectivity index (χ2n) is 37.6. The Bertz CT molecular complexity index is 4490. The Morgan fingerprint density at radius 3 is 1.33 bits per heavy atom. The van der Waals surface area contributed by atoms with Crippen LogP contribution in [0.4, 0.5) is 39.0 Å². The summed E-state index contributed by atoms with van der Waals surface area (Å²) in [6, 6.07) is 23.0. The smallest absolute Gasteiger partial charge is 0.241 e. The third-order valence-electron chi connectivity index (χ3n) is 26.3. The van der Waals surface area contributed by atoms with E-state index in [0.29, 0.717) is 101 Å². The molecule has 6 aromatic rings. The summed E-state index contributed by atoms with van der Waals surface area (Å²) in [5.41, 5.74) is 7.90. The van der Waals surface area contributed by atoms with Gasteiger partial charge in [0.05, 0.1) is 99.5 Å². The maximum Gasteiger partial charge on any atom is 0.241 e. The third kappa shape index (κ3) is 20.6. The van der Waals surface area contributed by atoms with Gasteiger partial charge in [0.2, 0.25) is 17.7 Å². The fraction of sp³-hybridized carbons (Fsp3) is 0.609. The van der Waals surface area contributed by atoms with Gasteiger partial charge in [0.15, 0.2) is 0 Å². The first-order chi connectivity index (χ1) is 56.5. The molecule has 3 aromatic heterocycles. The van der Waals surface area contributed by atoms with Gasteiger partial charge in [-0.25, -0.2) is 22.0 Å². The highest BCUT2D eigenvalue weighted by molar-refractivity contribution is 5.99. The number of hydrogen-bond donors (Lipinski definition) is 4. The van der Waals surface area contributed by atoms with Crippen molar-refractivity contribution in [3.8, 4) is 0 Å². The number of hydrogen-bond acceptors (Lipinski definition) is 19. The van der Waals surface area contributed by atoms with Crippen LogP contribution in [0.15, 0.2) is 97.5 Å². The number of anilines is 3. The van der Waals surface area contributed by atoms with E-state index < -0.39 is 35.1 Å². The van der Waals surface area contributed by atoms with Crippen LogP contribution >= 0.6 is 0 Å². The zero-order valence-corrected chi connectivity index (χ0v) is 72.7. The predicted octanol–water partition coefficient (Wildman–Crippen LogP) is 9.99. The number of carbonyl (C=O) groups excluding carboxylic acids is 3. The lowest BCUT2D eigenvalue weighted by atomic mass is 9.89. The van der Waals surface area contributed by atoms with Gasteiger partial charge < -0.3 is 50.0 Å². The molecule has 0 radical (unpaired) electrons. The number of halogens is 5. The van der Waals surface area contributed by atoms with Crippen molar-refractivity contribution >= 4 is 34.8 Å². The molecule has 4 N–H and O–H groups in total. The number of amides is 3. The highest BCUT2D eigenvalue weighted by Gasteiger charge is 2.46. The fourth-order valence-electron chi connectivity index (χ4n) is 19.3. The highest BCUT2D eigenvalue weighted by Crippen LogP contribution is 2.45. The second-order valence-corrected chi connectivity index (χ2v) is 37.6. The van der Waals surface area contributed by atoms with Crippen LogP contribution in [-0.4, -0.2) is 284 Å². The van der Waals surface area contributed by atoms with Crippen LogP contribution in [0.3, 0.4) is 0 Å². The molecule has 12 heterocycles. The van der Waals surface area contributed by atoms with E-state index in [4.69, 9.17) is 29.2 Å². The van der Waals surface area contributed by atoms with Gasteiger partial charge in [-0.05, 0) is 150 Å².